The number of rotatable bonds is 2. The summed E-state index contributed by atoms with van der Waals surface area (Å²) in [6.07, 6.45) is -2.31. The topological polar surface area (TPSA) is 50.4 Å². The van der Waals surface area contributed by atoms with Crippen LogP contribution in [0.1, 0.15) is 24.0 Å². The molecule has 0 spiro atoms. The summed E-state index contributed by atoms with van der Waals surface area (Å²) in [5.41, 5.74) is 2.30. The third kappa shape index (κ3) is 2.97. The van der Waals surface area contributed by atoms with Crippen molar-refractivity contribution >= 4 is 5.84 Å². The number of hydrazine groups is 1. The van der Waals surface area contributed by atoms with Gasteiger partial charge in [0.25, 0.3) is 0 Å². The Morgan fingerprint density at radius 3 is 2.24 bits per heavy atom. The van der Waals surface area contributed by atoms with Crippen LogP contribution >= 0.6 is 0 Å². The highest BCUT2D eigenvalue weighted by Gasteiger charge is 2.30. The fourth-order valence-corrected chi connectivity index (χ4v) is 1.40. The first-order valence-corrected chi connectivity index (χ1v) is 5.23. The lowest BCUT2D eigenvalue weighted by Gasteiger charge is -2.09. The van der Waals surface area contributed by atoms with Crippen molar-refractivity contribution < 1.29 is 13.2 Å². The smallest absolute Gasteiger partial charge is 0.308 e. The van der Waals surface area contributed by atoms with Gasteiger partial charge >= 0.3 is 6.18 Å². The second kappa shape index (κ2) is 4.37. The van der Waals surface area contributed by atoms with E-state index in [0.717, 1.165) is 25.0 Å². The van der Waals surface area contributed by atoms with Crippen LogP contribution in [0.15, 0.2) is 29.3 Å². The molecule has 0 saturated heterocycles. The van der Waals surface area contributed by atoms with Crippen LogP contribution < -0.4 is 11.3 Å². The first-order valence-electron chi connectivity index (χ1n) is 5.23. The molecule has 2 rings (SSSR count). The summed E-state index contributed by atoms with van der Waals surface area (Å²) in [4.78, 5) is 4.27. The van der Waals surface area contributed by atoms with E-state index in [1.165, 1.54) is 12.1 Å². The molecule has 1 saturated carbocycles. The molecule has 17 heavy (non-hydrogen) atoms. The van der Waals surface area contributed by atoms with Gasteiger partial charge in [0.15, 0.2) is 0 Å². The van der Waals surface area contributed by atoms with Crippen LogP contribution in [0.3, 0.4) is 0 Å². The average molecular weight is 243 g/mol. The second-order valence-electron chi connectivity index (χ2n) is 3.93. The van der Waals surface area contributed by atoms with Gasteiger partial charge in [-0.3, -0.25) is 4.99 Å². The van der Waals surface area contributed by atoms with Crippen molar-refractivity contribution in [3.63, 3.8) is 0 Å². The molecule has 0 radical (unpaired) electrons. The number of benzene rings is 1. The quantitative estimate of drug-likeness (QED) is 0.361. The van der Waals surface area contributed by atoms with Gasteiger partial charge in [0.2, 0.25) is 0 Å². The van der Waals surface area contributed by atoms with Gasteiger partial charge in [0.1, 0.15) is 5.84 Å². The van der Waals surface area contributed by atoms with Gasteiger partial charge < -0.3 is 5.43 Å². The lowest BCUT2D eigenvalue weighted by atomic mass is 10.1. The Morgan fingerprint density at radius 1 is 1.24 bits per heavy atom. The molecular formula is C11H12F3N3. The fourth-order valence-electron chi connectivity index (χ4n) is 1.40. The maximum Gasteiger partial charge on any atom is 0.416 e. The standard InChI is InChI=1S/C11H12F3N3/c12-11(13,14)8-3-1-7(2-4-8)10(17-15)16-9-5-6-9/h1-4,9H,5-6,15H2,(H,16,17). The molecule has 0 aliphatic heterocycles. The van der Waals surface area contributed by atoms with E-state index in [2.05, 4.69) is 10.4 Å². The van der Waals surface area contributed by atoms with Crippen LogP contribution in [0.4, 0.5) is 13.2 Å². The minimum absolute atomic E-state index is 0.253. The average Bonchev–Trinajstić information content (AvgIpc) is 3.09. The van der Waals surface area contributed by atoms with Gasteiger partial charge in [-0.2, -0.15) is 13.2 Å². The molecule has 0 atom stereocenters. The molecule has 1 aliphatic rings. The lowest BCUT2D eigenvalue weighted by Crippen LogP contribution is -2.31. The maximum absolute atomic E-state index is 12.4. The van der Waals surface area contributed by atoms with Gasteiger partial charge in [-0.25, -0.2) is 5.84 Å². The number of hydrogen-bond donors (Lipinski definition) is 2. The van der Waals surface area contributed by atoms with Crippen molar-refractivity contribution in [3.05, 3.63) is 35.4 Å². The van der Waals surface area contributed by atoms with Crippen molar-refractivity contribution in [3.8, 4) is 0 Å². The van der Waals surface area contributed by atoms with Gasteiger partial charge in [-0.1, -0.05) is 12.1 Å². The van der Waals surface area contributed by atoms with E-state index in [0.29, 0.717) is 11.4 Å². The number of halogens is 3. The van der Waals surface area contributed by atoms with Gasteiger partial charge in [-0.15, -0.1) is 0 Å². The molecule has 1 aromatic rings. The molecule has 1 aromatic carbocycles. The van der Waals surface area contributed by atoms with Crippen molar-refractivity contribution in [1.29, 1.82) is 0 Å². The molecule has 92 valence electrons. The summed E-state index contributed by atoms with van der Waals surface area (Å²) in [6, 6.07) is 5.03. The van der Waals surface area contributed by atoms with E-state index in [4.69, 9.17) is 5.84 Å². The van der Waals surface area contributed by atoms with Crippen molar-refractivity contribution in [1.82, 2.24) is 5.43 Å². The molecule has 0 unspecified atom stereocenters. The summed E-state index contributed by atoms with van der Waals surface area (Å²) in [5.74, 6) is 5.73. The summed E-state index contributed by atoms with van der Waals surface area (Å²) in [7, 11) is 0. The Kier molecular flexibility index (Phi) is 3.06. The third-order valence-electron chi connectivity index (χ3n) is 2.48. The molecule has 0 aromatic heterocycles. The lowest BCUT2D eigenvalue weighted by molar-refractivity contribution is -0.137. The Hall–Kier alpha value is -1.56. The van der Waals surface area contributed by atoms with E-state index in [1.807, 2.05) is 0 Å². The summed E-state index contributed by atoms with van der Waals surface area (Å²) < 4.78 is 37.1. The predicted molar refractivity (Wildman–Crippen MR) is 58.3 cm³/mol. The van der Waals surface area contributed by atoms with E-state index < -0.39 is 11.7 Å². The first kappa shape index (κ1) is 11.9. The largest absolute Gasteiger partial charge is 0.416 e. The van der Waals surface area contributed by atoms with Crippen LogP contribution in [-0.2, 0) is 6.18 Å². The van der Waals surface area contributed by atoms with Crippen molar-refractivity contribution in [2.24, 2.45) is 10.8 Å². The molecular weight excluding hydrogens is 231 g/mol. The fraction of sp³-hybridized carbons (Fsp3) is 0.364. The highest BCUT2D eigenvalue weighted by atomic mass is 19.4. The SMILES string of the molecule is NNC(=NC1CC1)c1ccc(C(F)(F)F)cc1. The van der Waals surface area contributed by atoms with Crippen LogP contribution in [0.2, 0.25) is 0 Å². The number of nitrogens with zero attached hydrogens (tertiary/aromatic N) is 1. The van der Waals surface area contributed by atoms with Crippen LogP contribution in [-0.4, -0.2) is 11.9 Å². The number of alkyl halides is 3. The van der Waals surface area contributed by atoms with Crippen molar-refractivity contribution in [2.45, 2.75) is 25.1 Å². The number of nitrogens with two attached hydrogens (primary N) is 1. The van der Waals surface area contributed by atoms with E-state index in [-0.39, 0.29) is 6.04 Å². The summed E-state index contributed by atoms with van der Waals surface area (Å²) in [5, 5.41) is 0. The molecule has 6 heteroatoms. The van der Waals surface area contributed by atoms with Gasteiger partial charge in [0, 0.05) is 5.56 Å². The Balaban J connectivity index is 2.21. The normalized spacial score (nSPS) is 17.1. The third-order valence-corrected chi connectivity index (χ3v) is 2.48. The van der Waals surface area contributed by atoms with Crippen LogP contribution in [0.25, 0.3) is 0 Å². The minimum atomic E-state index is -4.32. The molecule has 0 heterocycles. The highest BCUT2D eigenvalue weighted by molar-refractivity contribution is 5.98. The minimum Gasteiger partial charge on any atom is -0.308 e. The Morgan fingerprint density at radius 2 is 1.82 bits per heavy atom. The van der Waals surface area contributed by atoms with E-state index in [9.17, 15) is 13.2 Å². The highest BCUT2D eigenvalue weighted by Crippen LogP contribution is 2.29. The Bertz CT molecular complexity index is 419. The predicted octanol–water partition coefficient (Wildman–Crippen LogP) is 2.08. The zero-order chi connectivity index (χ0) is 12.5. The molecule has 1 aliphatic carbocycles. The zero-order valence-corrected chi connectivity index (χ0v) is 8.96. The van der Waals surface area contributed by atoms with Crippen LogP contribution in [0, 0.1) is 0 Å². The number of nitrogens with one attached hydrogen (secondary N) is 1. The van der Waals surface area contributed by atoms with Gasteiger partial charge in [0.05, 0.1) is 11.6 Å². The van der Waals surface area contributed by atoms with Crippen molar-refractivity contribution in [2.75, 3.05) is 0 Å². The summed E-state index contributed by atoms with van der Waals surface area (Å²) >= 11 is 0. The number of hydrogen-bond acceptors (Lipinski definition) is 2. The number of amidine groups is 1. The Labute approximate surface area is 96.5 Å². The zero-order valence-electron chi connectivity index (χ0n) is 8.96. The van der Waals surface area contributed by atoms with E-state index >= 15 is 0 Å². The van der Waals surface area contributed by atoms with E-state index in [1.54, 1.807) is 0 Å². The molecule has 0 amide bonds. The summed E-state index contributed by atoms with van der Waals surface area (Å²) in [6.45, 7) is 0. The monoisotopic (exact) mass is 243 g/mol. The second-order valence-corrected chi connectivity index (χ2v) is 3.93. The van der Waals surface area contributed by atoms with Crippen LogP contribution in [0.5, 0.6) is 0 Å². The molecule has 0 bridgehead atoms. The first-order chi connectivity index (χ1) is 8.00. The molecule has 1 fully saturated rings. The molecule has 3 N–H and O–H groups in total. The molecule has 3 nitrogen and oxygen atoms in total. The van der Waals surface area contributed by atoms with Gasteiger partial charge in [-0.05, 0) is 25.0 Å². The number of aliphatic imine (C=N–C) groups is 1. The maximum atomic E-state index is 12.4.